The SMILES string of the molecule is CC1C=CN=C1[O-]. The van der Waals surface area contributed by atoms with Gasteiger partial charge < -0.3 is 5.11 Å². The third-order valence-corrected chi connectivity index (χ3v) is 0.966. The molecule has 0 saturated carbocycles. The van der Waals surface area contributed by atoms with E-state index in [-0.39, 0.29) is 11.8 Å². The summed E-state index contributed by atoms with van der Waals surface area (Å²) in [6.45, 7) is 1.83. The first kappa shape index (κ1) is 4.37. The van der Waals surface area contributed by atoms with Crippen molar-refractivity contribution in [1.82, 2.24) is 0 Å². The average Bonchev–Trinajstić information content (AvgIpc) is 1.91. The quantitative estimate of drug-likeness (QED) is 0.415. The Balaban J connectivity index is 2.69. The van der Waals surface area contributed by atoms with Gasteiger partial charge in [0.15, 0.2) is 0 Å². The Bertz CT molecular complexity index is 126. The average molecular weight is 96.1 g/mol. The number of rotatable bonds is 0. The predicted molar refractivity (Wildman–Crippen MR) is 25.7 cm³/mol. The Hall–Kier alpha value is -0.790. The zero-order valence-electron chi connectivity index (χ0n) is 4.09. The van der Waals surface area contributed by atoms with Crippen LogP contribution in [0.3, 0.4) is 0 Å². The molecule has 0 aliphatic carbocycles. The van der Waals surface area contributed by atoms with E-state index in [9.17, 15) is 5.11 Å². The Labute approximate surface area is 42.2 Å². The Morgan fingerprint density at radius 1 is 1.86 bits per heavy atom. The normalized spacial score (nSPS) is 28.1. The van der Waals surface area contributed by atoms with Crippen LogP contribution in [0.15, 0.2) is 17.3 Å². The van der Waals surface area contributed by atoms with Crippen LogP contribution in [-0.4, -0.2) is 5.90 Å². The van der Waals surface area contributed by atoms with Crippen molar-refractivity contribution in [3.8, 4) is 0 Å². The molecule has 0 radical (unpaired) electrons. The van der Waals surface area contributed by atoms with Crippen molar-refractivity contribution < 1.29 is 5.11 Å². The zero-order chi connectivity index (χ0) is 5.28. The third-order valence-electron chi connectivity index (χ3n) is 0.966. The van der Waals surface area contributed by atoms with Crippen LogP contribution in [0, 0.1) is 5.92 Å². The highest BCUT2D eigenvalue weighted by Crippen LogP contribution is 2.03. The second-order valence-corrected chi connectivity index (χ2v) is 1.60. The van der Waals surface area contributed by atoms with Gasteiger partial charge in [-0.3, -0.25) is 4.99 Å². The highest BCUT2D eigenvalue weighted by molar-refractivity contribution is 5.78. The summed E-state index contributed by atoms with van der Waals surface area (Å²) in [6, 6.07) is 0. The third kappa shape index (κ3) is 0.633. The van der Waals surface area contributed by atoms with Gasteiger partial charge in [-0.05, 0) is 5.90 Å². The minimum Gasteiger partial charge on any atom is -0.861 e. The highest BCUT2D eigenvalue weighted by atomic mass is 16.3. The number of hydrogen-bond donors (Lipinski definition) is 0. The fourth-order valence-corrected chi connectivity index (χ4v) is 0.445. The van der Waals surface area contributed by atoms with E-state index in [0.717, 1.165) is 0 Å². The summed E-state index contributed by atoms with van der Waals surface area (Å²) >= 11 is 0. The molecule has 1 rings (SSSR count). The van der Waals surface area contributed by atoms with E-state index in [1.807, 2.05) is 6.92 Å². The van der Waals surface area contributed by atoms with Crippen LogP contribution in [0.2, 0.25) is 0 Å². The monoisotopic (exact) mass is 96.0 g/mol. The first-order valence-electron chi connectivity index (χ1n) is 2.22. The van der Waals surface area contributed by atoms with Crippen LogP contribution in [0.25, 0.3) is 0 Å². The maximum absolute atomic E-state index is 10.3. The second-order valence-electron chi connectivity index (χ2n) is 1.60. The minimum absolute atomic E-state index is 0.0278. The Kier molecular flexibility index (Phi) is 0.855. The molecule has 0 aromatic heterocycles. The van der Waals surface area contributed by atoms with Crippen molar-refractivity contribution in [2.75, 3.05) is 0 Å². The lowest BCUT2D eigenvalue weighted by molar-refractivity contribution is -0.220. The van der Waals surface area contributed by atoms with Gasteiger partial charge in [-0.15, -0.1) is 0 Å². The van der Waals surface area contributed by atoms with Gasteiger partial charge in [-0.1, -0.05) is 13.0 Å². The molecule has 0 amide bonds. The molecule has 7 heavy (non-hydrogen) atoms. The molecule has 1 aliphatic rings. The molecule has 2 nitrogen and oxygen atoms in total. The van der Waals surface area contributed by atoms with Crippen molar-refractivity contribution in [3.05, 3.63) is 12.3 Å². The lowest BCUT2D eigenvalue weighted by atomic mass is 10.2. The molecule has 0 bridgehead atoms. The van der Waals surface area contributed by atoms with E-state index in [0.29, 0.717) is 0 Å². The van der Waals surface area contributed by atoms with Gasteiger partial charge in [0.25, 0.3) is 0 Å². The Morgan fingerprint density at radius 3 is 2.71 bits per heavy atom. The fraction of sp³-hybridized carbons (Fsp3) is 0.400. The standard InChI is InChI=1S/C5H7NO/c1-4-2-3-6-5(4)7/h2-4H,1H3,(H,6,7)/p-1. The van der Waals surface area contributed by atoms with Crippen molar-refractivity contribution in [2.45, 2.75) is 6.92 Å². The predicted octanol–water partition coefficient (Wildman–Crippen LogP) is -0.0914. The van der Waals surface area contributed by atoms with E-state index in [1.54, 1.807) is 12.3 Å². The van der Waals surface area contributed by atoms with Gasteiger partial charge in [-0.25, -0.2) is 0 Å². The molecular weight excluding hydrogens is 90.1 g/mol. The molecule has 1 aliphatic heterocycles. The summed E-state index contributed by atoms with van der Waals surface area (Å²) in [5, 5.41) is 10.3. The molecule has 0 fully saturated rings. The van der Waals surface area contributed by atoms with Crippen molar-refractivity contribution in [1.29, 1.82) is 0 Å². The molecule has 0 spiro atoms. The maximum Gasteiger partial charge on any atom is 0.0223 e. The van der Waals surface area contributed by atoms with Gasteiger partial charge in [0, 0.05) is 12.1 Å². The van der Waals surface area contributed by atoms with Crippen LogP contribution in [0.5, 0.6) is 0 Å². The first-order valence-corrected chi connectivity index (χ1v) is 2.22. The van der Waals surface area contributed by atoms with E-state index in [1.165, 1.54) is 0 Å². The summed E-state index contributed by atoms with van der Waals surface area (Å²) < 4.78 is 0. The summed E-state index contributed by atoms with van der Waals surface area (Å²) in [7, 11) is 0. The molecule has 1 unspecified atom stereocenters. The van der Waals surface area contributed by atoms with E-state index >= 15 is 0 Å². The lowest BCUT2D eigenvalue weighted by Gasteiger charge is -2.07. The molecule has 0 N–H and O–H groups in total. The molecule has 1 atom stereocenters. The van der Waals surface area contributed by atoms with Crippen LogP contribution < -0.4 is 5.11 Å². The van der Waals surface area contributed by atoms with Crippen molar-refractivity contribution >= 4 is 5.90 Å². The molecular formula is C5H6NO-. The molecule has 0 saturated heterocycles. The molecule has 0 aromatic carbocycles. The van der Waals surface area contributed by atoms with Crippen LogP contribution in [-0.2, 0) is 0 Å². The van der Waals surface area contributed by atoms with E-state index < -0.39 is 0 Å². The van der Waals surface area contributed by atoms with E-state index in [4.69, 9.17) is 0 Å². The van der Waals surface area contributed by atoms with Gasteiger partial charge in [-0.2, -0.15) is 0 Å². The minimum atomic E-state index is -0.0278. The van der Waals surface area contributed by atoms with Crippen LogP contribution in [0.4, 0.5) is 0 Å². The molecule has 0 aromatic rings. The largest absolute Gasteiger partial charge is 0.861 e. The fourth-order valence-electron chi connectivity index (χ4n) is 0.445. The second kappa shape index (κ2) is 1.37. The molecule has 1 heterocycles. The van der Waals surface area contributed by atoms with Gasteiger partial charge in [0.05, 0.1) is 0 Å². The van der Waals surface area contributed by atoms with Crippen molar-refractivity contribution in [2.24, 2.45) is 10.9 Å². The summed E-state index contributed by atoms with van der Waals surface area (Å²) in [5.74, 6) is 0. The molecule has 2 heteroatoms. The highest BCUT2D eigenvalue weighted by Gasteiger charge is 1.97. The van der Waals surface area contributed by atoms with E-state index in [2.05, 4.69) is 4.99 Å². The summed E-state index contributed by atoms with van der Waals surface area (Å²) in [5.41, 5.74) is 0. The van der Waals surface area contributed by atoms with Crippen LogP contribution >= 0.6 is 0 Å². The van der Waals surface area contributed by atoms with Crippen molar-refractivity contribution in [3.63, 3.8) is 0 Å². The Morgan fingerprint density at radius 2 is 2.57 bits per heavy atom. The van der Waals surface area contributed by atoms with Gasteiger partial charge >= 0.3 is 0 Å². The number of aliphatic imine (C=N–C) groups is 1. The van der Waals surface area contributed by atoms with Crippen LogP contribution in [0.1, 0.15) is 6.92 Å². The lowest BCUT2D eigenvalue weighted by Crippen LogP contribution is -2.21. The topological polar surface area (TPSA) is 35.4 Å². The summed E-state index contributed by atoms with van der Waals surface area (Å²) in [6.07, 6.45) is 3.33. The zero-order valence-corrected chi connectivity index (χ0v) is 4.09. The summed E-state index contributed by atoms with van der Waals surface area (Å²) in [4.78, 5) is 3.50. The smallest absolute Gasteiger partial charge is 0.0223 e. The maximum atomic E-state index is 10.3. The van der Waals surface area contributed by atoms with Gasteiger partial charge in [0.1, 0.15) is 0 Å². The first-order chi connectivity index (χ1) is 3.30. The number of nitrogens with zero attached hydrogens (tertiary/aromatic N) is 1. The molecule has 38 valence electrons. The van der Waals surface area contributed by atoms with Gasteiger partial charge in [0.2, 0.25) is 0 Å². The number of hydrogen-bond acceptors (Lipinski definition) is 2.